The molecule has 1 aliphatic rings. The number of hydrogen-bond donors (Lipinski definition) is 1. The number of aromatic nitrogens is 2. The predicted octanol–water partition coefficient (Wildman–Crippen LogP) is 3.08. The fourth-order valence-corrected chi connectivity index (χ4v) is 3.09. The monoisotopic (exact) mass is 276 g/mol. The molecule has 2 heterocycles. The summed E-state index contributed by atoms with van der Waals surface area (Å²) in [4.78, 5) is 11.6. The first-order chi connectivity index (χ1) is 9.55. The van der Waals surface area contributed by atoms with Crippen LogP contribution in [0, 0.1) is 5.41 Å². The van der Waals surface area contributed by atoms with Crippen LogP contribution in [-0.4, -0.2) is 23.1 Å². The minimum atomic E-state index is 0.346. The predicted molar refractivity (Wildman–Crippen MR) is 83.9 cm³/mol. The number of nitrogens with zero attached hydrogens (tertiary/aromatic N) is 3. The Labute approximate surface area is 122 Å². The van der Waals surface area contributed by atoms with Crippen LogP contribution >= 0.6 is 0 Å². The van der Waals surface area contributed by atoms with Crippen LogP contribution in [0.15, 0.2) is 6.20 Å². The molecule has 2 rings (SSSR count). The van der Waals surface area contributed by atoms with Crippen LogP contribution < -0.4 is 10.6 Å². The van der Waals surface area contributed by atoms with Crippen LogP contribution in [-0.2, 0) is 6.54 Å². The van der Waals surface area contributed by atoms with Gasteiger partial charge in [0.2, 0.25) is 0 Å². The lowest BCUT2D eigenvalue weighted by Gasteiger charge is -2.27. The largest absolute Gasteiger partial charge is 0.368 e. The van der Waals surface area contributed by atoms with Gasteiger partial charge in [0, 0.05) is 25.6 Å². The Balaban J connectivity index is 2.26. The van der Waals surface area contributed by atoms with Crippen LogP contribution in [0.2, 0.25) is 0 Å². The second-order valence-electron chi connectivity index (χ2n) is 6.30. The second kappa shape index (κ2) is 6.08. The van der Waals surface area contributed by atoms with E-state index in [4.69, 9.17) is 5.73 Å². The van der Waals surface area contributed by atoms with E-state index >= 15 is 0 Å². The first-order valence-corrected chi connectivity index (χ1v) is 7.86. The van der Waals surface area contributed by atoms with Crippen molar-refractivity contribution < 1.29 is 0 Å². The van der Waals surface area contributed by atoms with Gasteiger partial charge in [0.05, 0.1) is 17.6 Å². The Bertz CT molecular complexity index is 452. The number of rotatable bonds is 5. The van der Waals surface area contributed by atoms with Gasteiger partial charge in [0.15, 0.2) is 0 Å². The highest BCUT2D eigenvalue weighted by Gasteiger charge is 2.35. The quantitative estimate of drug-likeness (QED) is 0.898. The van der Waals surface area contributed by atoms with E-state index in [-0.39, 0.29) is 0 Å². The molecule has 1 aromatic heterocycles. The SMILES string of the molecule is CCC1(CC)CCN(c2cnc(C(C)C)nc2CN)C1. The fourth-order valence-electron chi connectivity index (χ4n) is 3.09. The number of nitrogens with two attached hydrogens (primary N) is 1. The maximum absolute atomic E-state index is 5.90. The molecule has 0 saturated carbocycles. The Morgan fingerprint density at radius 1 is 1.35 bits per heavy atom. The highest BCUT2D eigenvalue weighted by atomic mass is 15.2. The van der Waals surface area contributed by atoms with Crippen molar-refractivity contribution in [2.75, 3.05) is 18.0 Å². The van der Waals surface area contributed by atoms with Crippen LogP contribution in [0.1, 0.15) is 64.4 Å². The average Bonchev–Trinajstić information content (AvgIpc) is 2.91. The maximum Gasteiger partial charge on any atom is 0.131 e. The molecule has 112 valence electrons. The lowest BCUT2D eigenvalue weighted by atomic mass is 9.82. The molecule has 1 saturated heterocycles. The van der Waals surface area contributed by atoms with Gasteiger partial charge >= 0.3 is 0 Å². The van der Waals surface area contributed by atoms with Crippen molar-refractivity contribution in [3.63, 3.8) is 0 Å². The van der Waals surface area contributed by atoms with E-state index in [1.54, 1.807) is 0 Å². The number of anilines is 1. The molecule has 4 heteroatoms. The van der Waals surface area contributed by atoms with Crippen molar-refractivity contribution in [3.8, 4) is 0 Å². The number of hydrogen-bond acceptors (Lipinski definition) is 4. The molecule has 0 bridgehead atoms. The van der Waals surface area contributed by atoms with Crippen LogP contribution in [0.3, 0.4) is 0 Å². The van der Waals surface area contributed by atoms with Crippen LogP contribution in [0.4, 0.5) is 5.69 Å². The highest BCUT2D eigenvalue weighted by molar-refractivity contribution is 5.50. The zero-order valence-corrected chi connectivity index (χ0v) is 13.3. The Kier molecular flexibility index (Phi) is 4.63. The second-order valence-corrected chi connectivity index (χ2v) is 6.30. The summed E-state index contributed by atoms with van der Waals surface area (Å²) in [5.41, 5.74) is 8.50. The summed E-state index contributed by atoms with van der Waals surface area (Å²) in [6.45, 7) is 11.5. The van der Waals surface area contributed by atoms with E-state index in [1.807, 2.05) is 6.20 Å². The van der Waals surface area contributed by atoms with Crippen molar-refractivity contribution in [1.29, 1.82) is 0 Å². The lowest BCUT2D eigenvalue weighted by Crippen LogP contribution is -2.27. The summed E-state index contributed by atoms with van der Waals surface area (Å²) in [5.74, 6) is 1.24. The topological polar surface area (TPSA) is 55.0 Å². The molecule has 0 aromatic carbocycles. The summed E-state index contributed by atoms with van der Waals surface area (Å²) in [7, 11) is 0. The van der Waals surface area contributed by atoms with Gasteiger partial charge in [0.25, 0.3) is 0 Å². The average molecular weight is 276 g/mol. The molecule has 4 nitrogen and oxygen atoms in total. The molecule has 20 heavy (non-hydrogen) atoms. The molecule has 1 fully saturated rings. The Morgan fingerprint density at radius 2 is 2.05 bits per heavy atom. The van der Waals surface area contributed by atoms with Gasteiger partial charge in [0.1, 0.15) is 5.82 Å². The lowest BCUT2D eigenvalue weighted by molar-refractivity contribution is 0.301. The molecular formula is C16H28N4. The van der Waals surface area contributed by atoms with Gasteiger partial charge in [-0.25, -0.2) is 9.97 Å². The van der Waals surface area contributed by atoms with Crippen molar-refractivity contribution in [2.24, 2.45) is 11.1 Å². The van der Waals surface area contributed by atoms with E-state index in [0.717, 1.165) is 30.3 Å². The van der Waals surface area contributed by atoms with E-state index in [9.17, 15) is 0 Å². The minimum Gasteiger partial charge on any atom is -0.368 e. The molecule has 1 aromatic rings. The summed E-state index contributed by atoms with van der Waals surface area (Å²) < 4.78 is 0. The van der Waals surface area contributed by atoms with Gasteiger partial charge in [-0.2, -0.15) is 0 Å². The molecule has 1 aliphatic heterocycles. The Morgan fingerprint density at radius 3 is 2.55 bits per heavy atom. The molecule has 0 amide bonds. The maximum atomic E-state index is 5.90. The van der Waals surface area contributed by atoms with Crippen molar-refractivity contribution >= 4 is 5.69 Å². The molecular weight excluding hydrogens is 248 g/mol. The Hall–Kier alpha value is -1.16. The molecule has 0 unspecified atom stereocenters. The molecule has 0 aliphatic carbocycles. The third kappa shape index (κ3) is 2.80. The van der Waals surface area contributed by atoms with Crippen LogP contribution in [0.5, 0.6) is 0 Å². The molecule has 0 atom stereocenters. The summed E-state index contributed by atoms with van der Waals surface area (Å²) >= 11 is 0. The van der Waals surface area contributed by atoms with E-state index in [2.05, 4.69) is 42.6 Å². The van der Waals surface area contributed by atoms with Crippen LogP contribution in [0.25, 0.3) is 0 Å². The standard InChI is InChI=1S/C16H28N4/c1-5-16(6-2)7-8-20(11-16)14-10-18-15(12(3)4)19-13(14)9-17/h10,12H,5-9,11,17H2,1-4H3. The molecule has 0 radical (unpaired) electrons. The highest BCUT2D eigenvalue weighted by Crippen LogP contribution is 2.39. The van der Waals surface area contributed by atoms with Crippen molar-refractivity contribution in [2.45, 2.75) is 59.4 Å². The minimum absolute atomic E-state index is 0.346. The smallest absolute Gasteiger partial charge is 0.131 e. The molecule has 2 N–H and O–H groups in total. The normalized spacial score (nSPS) is 18.0. The molecule has 0 spiro atoms. The van der Waals surface area contributed by atoms with Crippen molar-refractivity contribution in [3.05, 3.63) is 17.7 Å². The summed E-state index contributed by atoms with van der Waals surface area (Å²) in [5, 5.41) is 0. The fraction of sp³-hybridized carbons (Fsp3) is 0.750. The van der Waals surface area contributed by atoms with Gasteiger partial charge < -0.3 is 10.6 Å². The summed E-state index contributed by atoms with van der Waals surface area (Å²) in [6.07, 6.45) is 5.72. The van der Waals surface area contributed by atoms with E-state index < -0.39 is 0 Å². The van der Waals surface area contributed by atoms with E-state index in [0.29, 0.717) is 17.9 Å². The zero-order chi connectivity index (χ0) is 14.8. The third-order valence-electron chi connectivity index (χ3n) is 4.85. The van der Waals surface area contributed by atoms with Gasteiger partial charge in [-0.05, 0) is 24.7 Å². The van der Waals surface area contributed by atoms with Gasteiger partial charge in [-0.1, -0.05) is 27.7 Å². The van der Waals surface area contributed by atoms with Gasteiger partial charge in [-0.15, -0.1) is 0 Å². The third-order valence-corrected chi connectivity index (χ3v) is 4.85. The first-order valence-electron chi connectivity index (χ1n) is 7.86. The first kappa shape index (κ1) is 15.2. The van der Waals surface area contributed by atoms with E-state index in [1.165, 1.54) is 19.3 Å². The summed E-state index contributed by atoms with van der Waals surface area (Å²) in [6, 6.07) is 0. The van der Waals surface area contributed by atoms with Crippen molar-refractivity contribution in [1.82, 2.24) is 9.97 Å². The zero-order valence-electron chi connectivity index (χ0n) is 13.3. The van der Waals surface area contributed by atoms with Gasteiger partial charge in [-0.3, -0.25) is 0 Å².